The van der Waals surface area contributed by atoms with Crippen LogP contribution in [0.3, 0.4) is 0 Å². The molecule has 1 aliphatic heterocycles. The lowest BCUT2D eigenvalue weighted by molar-refractivity contribution is -0.192. The van der Waals surface area contributed by atoms with Crippen LogP contribution in [0.4, 0.5) is 18.0 Å². The molecule has 2 aromatic heterocycles. The van der Waals surface area contributed by atoms with Crippen molar-refractivity contribution in [1.82, 2.24) is 20.2 Å². The van der Waals surface area contributed by atoms with Gasteiger partial charge in [-0.15, -0.1) is 11.3 Å². The fraction of sp³-hybridized carbons (Fsp3) is 0.300. The summed E-state index contributed by atoms with van der Waals surface area (Å²) in [5.74, 6) is -1.39. The molecule has 8 nitrogen and oxygen atoms in total. The van der Waals surface area contributed by atoms with Gasteiger partial charge in [0.15, 0.2) is 0 Å². The molecule has 12 heteroatoms. The van der Waals surface area contributed by atoms with E-state index in [4.69, 9.17) is 19.6 Å². The van der Waals surface area contributed by atoms with Crippen LogP contribution < -0.4 is 5.32 Å². The maximum absolute atomic E-state index is 12.0. The number of carboxylic acid groups (broad SMARTS) is 1. The van der Waals surface area contributed by atoms with Crippen LogP contribution in [0.1, 0.15) is 17.5 Å². The first-order valence-electron chi connectivity index (χ1n) is 13.2. The van der Waals surface area contributed by atoms with Gasteiger partial charge in [-0.3, -0.25) is 0 Å². The SMILES string of the molecule is C=CCOC(=O)N1CCC(CNCc2cccc(-c3ccc(-c4nc5c(C)cccc5[nH]4)s3)c2)C1.O=C(O)C(F)(F)F. The van der Waals surface area contributed by atoms with E-state index in [0.29, 0.717) is 5.92 Å². The number of aromatic nitrogens is 2. The Morgan fingerprint density at radius 2 is 1.95 bits per heavy atom. The van der Waals surface area contributed by atoms with Crippen molar-refractivity contribution >= 4 is 34.4 Å². The molecule has 0 saturated carbocycles. The van der Waals surface area contributed by atoms with Crippen LogP contribution >= 0.6 is 11.3 Å². The summed E-state index contributed by atoms with van der Waals surface area (Å²) in [6.07, 6.45) is -2.74. The number of carbonyl (C=O) groups excluding carboxylic acids is 1. The topological polar surface area (TPSA) is 108 Å². The monoisotopic (exact) mass is 600 g/mol. The number of H-pyrrole nitrogens is 1. The smallest absolute Gasteiger partial charge is 0.475 e. The number of likely N-dealkylation sites (tertiary alicyclic amines) is 1. The van der Waals surface area contributed by atoms with Gasteiger partial charge in [-0.05, 0) is 60.2 Å². The van der Waals surface area contributed by atoms with Crippen molar-refractivity contribution in [3.05, 3.63) is 78.4 Å². The highest BCUT2D eigenvalue weighted by Gasteiger charge is 2.38. The largest absolute Gasteiger partial charge is 0.490 e. The number of nitrogens with one attached hydrogen (secondary N) is 2. The van der Waals surface area contributed by atoms with E-state index in [0.717, 1.165) is 54.3 Å². The number of aryl methyl sites for hydroxylation is 1. The zero-order chi connectivity index (χ0) is 30.3. The van der Waals surface area contributed by atoms with E-state index < -0.39 is 12.1 Å². The first-order chi connectivity index (χ1) is 20.0. The van der Waals surface area contributed by atoms with Crippen molar-refractivity contribution in [2.24, 2.45) is 5.92 Å². The van der Waals surface area contributed by atoms with Crippen LogP contribution in [0.2, 0.25) is 0 Å². The molecule has 3 heterocycles. The van der Waals surface area contributed by atoms with Gasteiger partial charge in [0.2, 0.25) is 0 Å². The third-order valence-corrected chi connectivity index (χ3v) is 7.78. The summed E-state index contributed by atoms with van der Waals surface area (Å²) < 4.78 is 36.9. The lowest BCUT2D eigenvalue weighted by Gasteiger charge is -2.16. The van der Waals surface area contributed by atoms with Crippen LogP contribution in [0.5, 0.6) is 0 Å². The van der Waals surface area contributed by atoms with Gasteiger partial charge in [-0.25, -0.2) is 14.6 Å². The molecule has 4 aromatic rings. The average molecular weight is 601 g/mol. The number of thiophene rings is 1. The number of alkyl halides is 3. The number of hydrogen-bond acceptors (Lipinski definition) is 6. The molecule has 0 bridgehead atoms. The molecule has 3 N–H and O–H groups in total. The van der Waals surface area contributed by atoms with Crippen LogP contribution in [-0.4, -0.2) is 64.5 Å². The highest BCUT2D eigenvalue weighted by molar-refractivity contribution is 7.18. The predicted octanol–water partition coefficient (Wildman–Crippen LogP) is 6.63. The molecule has 1 aliphatic rings. The number of rotatable bonds is 8. The minimum absolute atomic E-state index is 0.242. The van der Waals surface area contributed by atoms with Gasteiger partial charge < -0.3 is 25.0 Å². The quantitative estimate of drug-likeness (QED) is 0.196. The number of imidazole rings is 1. The third-order valence-electron chi connectivity index (χ3n) is 6.64. The number of benzene rings is 2. The van der Waals surface area contributed by atoms with Gasteiger partial charge in [0, 0.05) is 31.1 Å². The van der Waals surface area contributed by atoms with E-state index in [9.17, 15) is 18.0 Å². The number of carboxylic acids is 1. The van der Waals surface area contributed by atoms with Crippen molar-refractivity contribution in [2.45, 2.75) is 26.1 Å². The van der Waals surface area contributed by atoms with Gasteiger partial charge in [0.25, 0.3) is 0 Å². The van der Waals surface area contributed by atoms with Crippen LogP contribution in [0.25, 0.3) is 32.2 Å². The summed E-state index contributed by atoms with van der Waals surface area (Å²) in [5.41, 5.74) is 5.74. The lowest BCUT2D eigenvalue weighted by Crippen LogP contribution is -2.31. The Balaban J connectivity index is 0.000000517. The highest BCUT2D eigenvalue weighted by Crippen LogP contribution is 2.34. The van der Waals surface area contributed by atoms with Crippen LogP contribution in [0.15, 0.2) is 67.3 Å². The number of amides is 1. The molecule has 0 aliphatic carbocycles. The fourth-order valence-corrected chi connectivity index (χ4v) is 5.50. The average Bonchev–Trinajstić information content (AvgIpc) is 3.72. The molecule has 1 saturated heterocycles. The van der Waals surface area contributed by atoms with E-state index in [-0.39, 0.29) is 12.7 Å². The minimum atomic E-state index is -5.08. The number of nitrogens with zero attached hydrogens (tertiary/aromatic N) is 2. The second kappa shape index (κ2) is 13.7. The van der Waals surface area contributed by atoms with Crippen molar-refractivity contribution in [3.63, 3.8) is 0 Å². The van der Waals surface area contributed by atoms with Crippen molar-refractivity contribution in [2.75, 3.05) is 26.2 Å². The number of carbonyl (C=O) groups is 2. The number of aromatic amines is 1. The Bertz CT molecular complexity index is 1550. The third kappa shape index (κ3) is 7.98. The predicted molar refractivity (Wildman–Crippen MR) is 156 cm³/mol. The number of aliphatic carboxylic acids is 1. The Hall–Kier alpha value is -4.16. The fourth-order valence-electron chi connectivity index (χ4n) is 4.55. The first kappa shape index (κ1) is 30.8. The second-order valence-electron chi connectivity index (χ2n) is 9.82. The van der Waals surface area contributed by atoms with Crippen molar-refractivity contribution in [1.29, 1.82) is 0 Å². The van der Waals surface area contributed by atoms with Crippen molar-refractivity contribution in [3.8, 4) is 21.1 Å². The number of fused-ring (bicyclic) bond motifs is 1. The summed E-state index contributed by atoms with van der Waals surface area (Å²) in [6, 6.07) is 19.2. The van der Waals surface area contributed by atoms with Gasteiger partial charge in [0.1, 0.15) is 12.4 Å². The maximum atomic E-state index is 12.0. The normalized spacial score (nSPS) is 14.9. The first-order valence-corrected chi connectivity index (χ1v) is 14.0. The van der Waals surface area contributed by atoms with E-state index in [1.54, 1.807) is 22.3 Å². The zero-order valence-corrected chi connectivity index (χ0v) is 23.7. The van der Waals surface area contributed by atoms with E-state index in [1.165, 1.54) is 21.6 Å². The van der Waals surface area contributed by atoms with Gasteiger partial charge in [-0.1, -0.05) is 43.0 Å². The molecule has 2 aromatic carbocycles. The summed E-state index contributed by atoms with van der Waals surface area (Å²) in [4.78, 5) is 33.3. The molecular formula is C30H31F3N4O4S. The Morgan fingerprint density at radius 3 is 2.67 bits per heavy atom. The molecule has 0 radical (unpaired) electrons. The standard InChI is InChI=1S/C28H30N4O2S.C2HF3O2/c1-3-14-34-28(33)32-13-12-21(18-32)17-29-16-20-7-5-8-22(15-20)24-10-11-25(35-24)27-30-23-9-4-6-19(2)26(23)31-27;3-2(4,5)1(6)7/h3-11,15,21,29H,1,12-14,16-18H2,2H3,(H,30,31);(H,6,7). The van der Waals surface area contributed by atoms with Crippen LogP contribution in [-0.2, 0) is 16.1 Å². The summed E-state index contributed by atoms with van der Waals surface area (Å²) in [6.45, 7) is 9.11. The number of para-hydroxylation sites is 1. The Kier molecular flexibility index (Phi) is 10.0. The summed E-state index contributed by atoms with van der Waals surface area (Å²) >= 11 is 1.75. The van der Waals surface area contributed by atoms with Crippen LogP contribution in [0, 0.1) is 12.8 Å². The second-order valence-corrected chi connectivity index (χ2v) is 10.9. The molecule has 1 amide bonds. The molecular weight excluding hydrogens is 569 g/mol. The van der Waals surface area contributed by atoms with Crippen molar-refractivity contribution < 1.29 is 32.6 Å². The van der Waals surface area contributed by atoms with Gasteiger partial charge in [0.05, 0.1) is 15.9 Å². The van der Waals surface area contributed by atoms with Gasteiger partial charge >= 0.3 is 18.2 Å². The maximum Gasteiger partial charge on any atom is 0.490 e. The number of ether oxygens (including phenoxy) is 1. The van der Waals surface area contributed by atoms with E-state index in [1.807, 2.05) is 0 Å². The molecule has 5 rings (SSSR count). The summed E-state index contributed by atoms with van der Waals surface area (Å²) in [5, 5.41) is 10.7. The molecule has 1 unspecified atom stereocenters. The van der Waals surface area contributed by atoms with E-state index >= 15 is 0 Å². The Morgan fingerprint density at radius 1 is 1.21 bits per heavy atom. The Labute approximate surface area is 244 Å². The summed E-state index contributed by atoms with van der Waals surface area (Å²) in [7, 11) is 0. The zero-order valence-electron chi connectivity index (χ0n) is 22.9. The number of hydrogen-bond donors (Lipinski definition) is 3. The molecule has 1 fully saturated rings. The minimum Gasteiger partial charge on any atom is -0.475 e. The number of halogens is 3. The van der Waals surface area contributed by atoms with E-state index in [2.05, 4.69) is 78.4 Å². The molecule has 0 spiro atoms. The highest BCUT2D eigenvalue weighted by atomic mass is 32.1. The van der Waals surface area contributed by atoms with Gasteiger partial charge in [-0.2, -0.15) is 13.2 Å². The molecule has 1 atom stereocenters. The molecule has 222 valence electrons. The molecule has 42 heavy (non-hydrogen) atoms. The lowest BCUT2D eigenvalue weighted by atomic mass is 10.1.